The lowest BCUT2D eigenvalue weighted by molar-refractivity contribution is 0.155. The van der Waals surface area contributed by atoms with E-state index < -0.39 is 8.07 Å². The number of pyridine rings is 2. The summed E-state index contributed by atoms with van der Waals surface area (Å²) < 4.78 is 22.5. The number of hydrogen-bond acceptors (Lipinski definition) is 10. The van der Waals surface area contributed by atoms with Gasteiger partial charge in [-0.1, -0.05) is 32.5 Å². The number of fused-ring (bicyclic) bond motifs is 1. The number of nitrogens with zero attached hydrogens (tertiary/aromatic N) is 3. The van der Waals surface area contributed by atoms with E-state index in [9.17, 15) is 0 Å². The minimum Gasteiger partial charge on any atom is -0.493 e. The maximum atomic E-state index is 8.92. The molecule has 2 heterocycles. The Bertz CT molecular complexity index is 1390. The Balaban J connectivity index is 1.59. The van der Waals surface area contributed by atoms with E-state index in [1.807, 2.05) is 30.3 Å². The third kappa shape index (κ3) is 8.14. The van der Waals surface area contributed by atoms with E-state index in [1.54, 1.807) is 32.4 Å². The smallest absolute Gasteiger partial charge is 0.203 e. The van der Waals surface area contributed by atoms with Crippen molar-refractivity contribution in [1.29, 1.82) is 10.8 Å². The molecule has 3 aromatic rings. The third-order valence-corrected chi connectivity index (χ3v) is 9.82. The largest absolute Gasteiger partial charge is 0.493 e. The van der Waals surface area contributed by atoms with E-state index in [1.165, 1.54) is 11.8 Å². The van der Waals surface area contributed by atoms with Crippen molar-refractivity contribution in [2.75, 3.05) is 44.9 Å². The molecule has 0 unspecified atom stereocenters. The van der Waals surface area contributed by atoms with E-state index >= 15 is 0 Å². The van der Waals surface area contributed by atoms with Crippen LogP contribution in [-0.4, -0.2) is 62.9 Å². The second-order valence-electron chi connectivity index (χ2n) is 11.5. The topological polar surface area (TPSA) is 126 Å². The van der Waals surface area contributed by atoms with Crippen LogP contribution in [0.2, 0.25) is 25.7 Å². The zero-order valence-electron chi connectivity index (χ0n) is 25.4. The van der Waals surface area contributed by atoms with Gasteiger partial charge in [0.15, 0.2) is 16.7 Å². The molecule has 1 fully saturated rings. The van der Waals surface area contributed by atoms with Crippen molar-refractivity contribution < 1.29 is 18.9 Å². The lowest BCUT2D eigenvalue weighted by atomic mass is 10.1. The third-order valence-electron chi connectivity index (χ3n) is 7.15. The zero-order chi connectivity index (χ0) is 30.3. The fourth-order valence-corrected chi connectivity index (χ4v) is 6.35. The highest BCUT2D eigenvalue weighted by Gasteiger charge is 2.25. The van der Waals surface area contributed by atoms with Crippen molar-refractivity contribution in [3.05, 3.63) is 36.5 Å². The number of hydrogen-bond donors (Lipinski definition) is 3. The van der Waals surface area contributed by atoms with Crippen LogP contribution in [0.25, 0.3) is 11.0 Å². The van der Waals surface area contributed by atoms with Gasteiger partial charge < -0.3 is 24.3 Å². The Morgan fingerprint density at radius 3 is 2.29 bits per heavy atom. The van der Waals surface area contributed by atoms with E-state index in [2.05, 4.69) is 29.9 Å². The van der Waals surface area contributed by atoms with Gasteiger partial charge >= 0.3 is 0 Å². The van der Waals surface area contributed by atoms with Gasteiger partial charge in [-0.05, 0) is 48.8 Å². The van der Waals surface area contributed by atoms with Gasteiger partial charge in [0.25, 0.3) is 0 Å². The molecule has 3 N–H and O–H groups in total. The highest BCUT2D eigenvalue weighted by atomic mass is 32.2. The van der Waals surface area contributed by atoms with Crippen LogP contribution in [0.1, 0.15) is 25.7 Å². The Hall–Kier alpha value is -3.35. The highest BCUT2D eigenvalue weighted by Crippen LogP contribution is 2.40. The number of anilines is 3. The summed E-state index contributed by atoms with van der Waals surface area (Å²) in [4.78, 5) is 11.2. The molecule has 0 atom stereocenters. The predicted molar refractivity (Wildman–Crippen MR) is 175 cm³/mol. The molecule has 0 aliphatic heterocycles. The summed E-state index contributed by atoms with van der Waals surface area (Å²) in [6, 6.07) is 10.4. The lowest BCUT2D eigenvalue weighted by Crippen LogP contribution is -2.33. The number of thioether (sulfide) groups is 1. The number of aromatic nitrogens is 2. The summed E-state index contributed by atoms with van der Waals surface area (Å²) in [5.41, 5.74) is 2.86. The summed E-state index contributed by atoms with van der Waals surface area (Å²) in [6.45, 7) is 7.77. The molecule has 2 aromatic heterocycles. The molecule has 0 radical (unpaired) electrons. The minimum atomic E-state index is -1.26. The second-order valence-corrected chi connectivity index (χ2v) is 18.2. The first-order valence-corrected chi connectivity index (χ1v) is 18.7. The van der Waals surface area contributed by atoms with Gasteiger partial charge in [-0.15, -0.1) is 0 Å². The highest BCUT2D eigenvalue weighted by molar-refractivity contribution is 8.26. The van der Waals surface area contributed by atoms with Crippen LogP contribution in [0.4, 0.5) is 17.2 Å². The van der Waals surface area contributed by atoms with Gasteiger partial charge in [0, 0.05) is 38.4 Å². The average molecular weight is 611 g/mol. The van der Waals surface area contributed by atoms with E-state index in [4.69, 9.17) is 34.7 Å². The number of nitrogens with one attached hydrogen (secondary N) is 3. The fraction of sp³-hybridized carbons (Fsp3) is 0.467. The quantitative estimate of drug-likeness (QED) is 0.0634. The molecule has 1 saturated carbocycles. The number of methoxy groups -OCH3 is 3. The monoisotopic (exact) mass is 610 g/mol. The number of amidine groups is 1. The van der Waals surface area contributed by atoms with Crippen LogP contribution in [-0.2, 0) is 4.74 Å². The molecule has 10 nitrogen and oxygen atoms in total. The SMILES string of the molecule is COc1cc(Nc2cnc3ccc(N(COCC[Si](C)(C)C)C(=N)SC(=N)C4CCCC4)nc3c2)cc(OC)c1OC. The zero-order valence-corrected chi connectivity index (χ0v) is 27.2. The average Bonchev–Trinajstić information content (AvgIpc) is 3.51. The van der Waals surface area contributed by atoms with Crippen molar-refractivity contribution in [2.45, 2.75) is 51.4 Å². The number of ether oxygens (including phenoxy) is 4. The van der Waals surface area contributed by atoms with Crippen LogP contribution in [0.5, 0.6) is 17.2 Å². The van der Waals surface area contributed by atoms with E-state index in [-0.39, 0.29) is 17.8 Å². The first-order chi connectivity index (χ1) is 20.1. The summed E-state index contributed by atoms with van der Waals surface area (Å²) in [7, 11) is 3.47. The molecule has 0 amide bonds. The molecule has 0 spiro atoms. The number of rotatable bonds is 12. The second kappa shape index (κ2) is 14.2. The summed E-state index contributed by atoms with van der Waals surface area (Å²) in [5, 5.41) is 21.7. The molecule has 1 aliphatic carbocycles. The Morgan fingerprint density at radius 1 is 0.976 bits per heavy atom. The van der Waals surface area contributed by atoms with Crippen molar-refractivity contribution in [3.63, 3.8) is 0 Å². The maximum Gasteiger partial charge on any atom is 0.203 e. The van der Waals surface area contributed by atoms with E-state index in [0.29, 0.717) is 40.2 Å². The Morgan fingerprint density at radius 2 is 1.67 bits per heavy atom. The van der Waals surface area contributed by atoms with E-state index in [0.717, 1.165) is 48.6 Å². The van der Waals surface area contributed by atoms with Gasteiger partial charge in [0.1, 0.15) is 12.5 Å². The van der Waals surface area contributed by atoms with Crippen LogP contribution in [0.15, 0.2) is 36.5 Å². The molecule has 42 heavy (non-hydrogen) atoms. The summed E-state index contributed by atoms with van der Waals surface area (Å²) in [6.07, 6.45) is 6.08. The molecule has 4 rings (SSSR count). The first-order valence-electron chi connectivity index (χ1n) is 14.2. The summed E-state index contributed by atoms with van der Waals surface area (Å²) >= 11 is 1.20. The lowest BCUT2D eigenvalue weighted by Gasteiger charge is -2.25. The van der Waals surface area contributed by atoms with Gasteiger partial charge in [-0.25, -0.2) is 4.98 Å². The van der Waals surface area contributed by atoms with Crippen LogP contribution in [0, 0.1) is 16.7 Å². The molecule has 0 saturated heterocycles. The molecule has 1 aliphatic rings. The van der Waals surface area contributed by atoms with Crippen LogP contribution >= 0.6 is 11.8 Å². The molecule has 0 bridgehead atoms. The maximum absolute atomic E-state index is 8.92. The molecular weight excluding hydrogens is 569 g/mol. The van der Waals surface area contributed by atoms with Crippen LogP contribution in [0.3, 0.4) is 0 Å². The minimum absolute atomic E-state index is 0.198. The molecule has 12 heteroatoms. The molecule has 226 valence electrons. The molecular formula is C30H42N6O4SSi. The molecule has 1 aromatic carbocycles. The van der Waals surface area contributed by atoms with Gasteiger partial charge in [0.05, 0.1) is 49.3 Å². The van der Waals surface area contributed by atoms with Gasteiger partial charge in [-0.2, -0.15) is 0 Å². The van der Waals surface area contributed by atoms with Crippen molar-refractivity contribution in [1.82, 2.24) is 9.97 Å². The number of benzene rings is 1. The first kappa shape index (κ1) is 31.6. The normalized spacial score (nSPS) is 13.7. The van der Waals surface area contributed by atoms with Gasteiger partial charge in [-0.3, -0.25) is 20.7 Å². The standard InChI is InChI=1S/C30H42N6O4SSi/c1-37-25-16-21(17-26(38-2)28(25)39-3)34-22-15-24-23(33-18-22)11-12-27(35-24)36(19-40-13-14-42(4,5)6)30(32)41-29(31)20-9-7-8-10-20/h11-12,15-18,20,31-32,34H,7-10,13-14,19H2,1-6H3. The van der Waals surface area contributed by atoms with Gasteiger partial charge in [0.2, 0.25) is 5.75 Å². The predicted octanol–water partition coefficient (Wildman–Crippen LogP) is 7.35. The van der Waals surface area contributed by atoms with Crippen molar-refractivity contribution >= 4 is 58.3 Å². The van der Waals surface area contributed by atoms with Crippen molar-refractivity contribution in [3.8, 4) is 17.2 Å². The van der Waals surface area contributed by atoms with Crippen molar-refractivity contribution in [2.24, 2.45) is 5.92 Å². The summed E-state index contributed by atoms with van der Waals surface area (Å²) in [5.74, 6) is 2.42. The fourth-order valence-electron chi connectivity index (χ4n) is 4.73. The Labute approximate surface area is 253 Å². The van der Waals surface area contributed by atoms with Crippen LogP contribution < -0.4 is 24.4 Å². The Kier molecular flexibility index (Phi) is 10.7.